The van der Waals surface area contributed by atoms with Gasteiger partial charge in [-0.15, -0.1) is 0 Å². The summed E-state index contributed by atoms with van der Waals surface area (Å²) in [5, 5.41) is 3.07. The minimum atomic E-state index is 0.190. The van der Waals surface area contributed by atoms with E-state index in [9.17, 15) is 4.79 Å². The summed E-state index contributed by atoms with van der Waals surface area (Å²) in [6.45, 7) is 6.63. The van der Waals surface area contributed by atoms with Gasteiger partial charge in [0.2, 0.25) is 0 Å². The molecule has 8 heteroatoms. The van der Waals surface area contributed by atoms with E-state index in [-0.39, 0.29) is 12.6 Å². The highest BCUT2D eigenvalue weighted by atomic mass is 16.5. The Balaban J connectivity index is 1.83. The highest BCUT2D eigenvalue weighted by Gasteiger charge is 2.19. The number of carbonyl (C=O) groups excluding carboxylic acids is 1. The van der Waals surface area contributed by atoms with Crippen molar-refractivity contribution in [1.29, 1.82) is 0 Å². The quantitative estimate of drug-likeness (QED) is 0.395. The van der Waals surface area contributed by atoms with Crippen LogP contribution in [0.4, 0.5) is 17.3 Å². The maximum Gasteiger partial charge on any atom is 0.320 e. The first-order chi connectivity index (χ1) is 15.1. The second-order valence-electron chi connectivity index (χ2n) is 7.89. The number of rotatable bonds is 12. The summed E-state index contributed by atoms with van der Waals surface area (Å²) in [7, 11) is 1.77. The molecule has 2 aromatic rings. The number of aldehydes is 1. The Morgan fingerprint density at radius 1 is 1.26 bits per heavy atom. The van der Waals surface area contributed by atoms with E-state index in [1.807, 2.05) is 4.90 Å². The van der Waals surface area contributed by atoms with E-state index in [1.165, 1.54) is 18.4 Å². The lowest BCUT2D eigenvalue weighted by Gasteiger charge is -2.25. The molecule has 0 bridgehead atoms. The third-order valence-electron chi connectivity index (χ3n) is 5.44. The fraction of sp³-hybridized carbons (Fsp3) is 0.522. The SMILES string of the molecule is CCCCOc1nc(N)c(NC)c(N(CC=O)Cc2cccc(CN3CCCC3)c2)n1. The van der Waals surface area contributed by atoms with Gasteiger partial charge < -0.3 is 25.5 Å². The third-order valence-corrected chi connectivity index (χ3v) is 5.44. The van der Waals surface area contributed by atoms with E-state index < -0.39 is 0 Å². The van der Waals surface area contributed by atoms with Gasteiger partial charge in [0.15, 0.2) is 11.6 Å². The molecule has 0 saturated carbocycles. The molecule has 0 atom stereocenters. The molecule has 168 valence electrons. The van der Waals surface area contributed by atoms with E-state index in [0.717, 1.165) is 44.3 Å². The summed E-state index contributed by atoms with van der Waals surface area (Å²) in [5.74, 6) is 0.872. The van der Waals surface area contributed by atoms with Crippen molar-refractivity contribution in [3.8, 4) is 6.01 Å². The van der Waals surface area contributed by atoms with Crippen molar-refractivity contribution >= 4 is 23.6 Å². The van der Waals surface area contributed by atoms with E-state index >= 15 is 0 Å². The van der Waals surface area contributed by atoms with Gasteiger partial charge >= 0.3 is 6.01 Å². The van der Waals surface area contributed by atoms with E-state index in [2.05, 4.69) is 51.4 Å². The van der Waals surface area contributed by atoms with Gasteiger partial charge in [-0.25, -0.2) is 0 Å². The Kier molecular flexibility index (Phi) is 8.46. The molecular weight excluding hydrogens is 392 g/mol. The van der Waals surface area contributed by atoms with Crippen LogP contribution in [-0.2, 0) is 17.9 Å². The molecule has 0 spiro atoms. The summed E-state index contributed by atoms with van der Waals surface area (Å²) in [4.78, 5) is 24.7. The molecule has 31 heavy (non-hydrogen) atoms. The van der Waals surface area contributed by atoms with Crippen molar-refractivity contribution in [2.24, 2.45) is 0 Å². The van der Waals surface area contributed by atoms with Crippen LogP contribution in [0.5, 0.6) is 6.01 Å². The first-order valence-electron chi connectivity index (χ1n) is 11.1. The molecule has 3 N–H and O–H groups in total. The average molecular weight is 427 g/mol. The fourth-order valence-corrected chi connectivity index (χ4v) is 3.85. The largest absolute Gasteiger partial charge is 0.463 e. The molecule has 1 fully saturated rings. The van der Waals surface area contributed by atoms with Gasteiger partial charge in [-0.05, 0) is 43.5 Å². The summed E-state index contributed by atoms with van der Waals surface area (Å²) in [6.07, 6.45) is 5.36. The maximum absolute atomic E-state index is 11.5. The molecular formula is C23H34N6O2. The van der Waals surface area contributed by atoms with Gasteiger partial charge in [0, 0.05) is 20.1 Å². The van der Waals surface area contributed by atoms with Crippen LogP contribution in [0.15, 0.2) is 24.3 Å². The number of unbranched alkanes of at least 4 members (excludes halogenated alkanes) is 1. The number of ether oxygens (including phenoxy) is 1. The van der Waals surface area contributed by atoms with E-state index in [0.29, 0.717) is 30.5 Å². The lowest BCUT2D eigenvalue weighted by molar-refractivity contribution is -0.106. The number of aromatic nitrogens is 2. The van der Waals surface area contributed by atoms with Crippen LogP contribution in [0.25, 0.3) is 0 Å². The van der Waals surface area contributed by atoms with Crippen LogP contribution in [0.3, 0.4) is 0 Å². The summed E-state index contributed by atoms with van der Waals surface area (Å²) < 4.78 is 5.69. The minimum Gasteiger partial charge on any atom is -0.463 e. The highest BCUT2D eigenvalue weighted by Crippen LogP contribution is 2.31. The second kappa shape index (κ2) is 11.5. The Morgan fingerprint density at radius 3 is 2.74 bits per heavy atom. The number of nitrogen functional groups attached to an aromatic ring is 1. The monoisotopic (exact) mass is 426 g/mol. The van der Waals surface area contributed by atoms with Crippen molar-refractivity contribution in [3.63, 3.8) is 0 Å². The van der Waals surface area contributed by atoms with Crippen molar-refractivity contribution in [2.75, 3.05) is 49.2 Å². The van der Waals surface area contributed by atoms with E-state index in [1.54, 1.807) is 7.05 Å². The van der Waals surface area contributed by atoms with Crippen molar-refractivity contribution < 1.29 is 9.53 Å². The van der Waals surface area contributed by atoms with Gasteiger partial charge in [-0.1, -0.05) is 37.6 Å². The number of nitrogens with two attached hydrogens (primary N) is 1. The van der Waals surface area contributed by atoms with Crippen molar-refractivity contribution in [2.45, 2.75) is 45.7 Å². The number of anilines is 3. The van der Waals surface area contributed by atoms with Gasteiger partial charge in [-0.2, -0.15) is 9.97 Å². The zero-order valence-electron chi connectivity index (χ0n) is 18.6. The second-order valence-corrected chi connectivity index (χ2v) is 7.89. The Morgan fingerprint density at radius 2 is 2.03 bits per heavy atom. The smallest absolute Gasteiger partial charge is 0.320 e. The molecule has 1 aromatic heterocycles. The summed E-state index contributed by atoms with van der Waals surface area (Å²) in [6, 6.07) is 8.75. The molecule has 1 aromatic carbocycles. The van der Waals surface area contributed by atoms with Crippen LogP contribution in [0.1, 0.15) is 43.7 Å². The summed E-state index contributed by atoms with van der Waals surface area (Å²) in [5.41, 5.74) is 9.16. The zero-order valence-corrected chi connectivity index (χ0v) is 18.6. The van der Waals surface area contributed by atoms with Gasteiger partial charge in [-0.3, -0.25) is 4.90 Å². The topological polar surface area (TPSA) is 96.6 Å². The third kappa shape index (κ3) is 6.30. The number of likely N-dealkylation sites (tertiary alicyclic amines) is 1. The number of carbonyl (C=O) groups is 1. The van der Waals surface area contributed by atoms with Crippen LogP contribution >= 0.6 is 0 Å². The number of hydrogen-bond acceptors (Lipinski definition) is 8. The number of benzene rings is 1. The Hall–Kier alpha value is -2.87. The minimum absolute atomic E-state index is 0.190. The molecule has 1 aliphatic rings. The first-order valence-corrected chi connectivity index (χ1v) is 11.1. The van der Waals surface area contributed by atoms with E-state index in [4.69, 9.17) is 10.5 Å². The number of hydrogen-bond donors (Lipinski definition) is 2. The molecule has 1 saturated heterocycles. The van der Waals surface area contributed by atoms with Gasteiger partial charge in [0.05, 0.1) is 13.2 Å². The lowest BCUT2D eigenvalue weighted by atomic mass is 10.1. The lowest BCUT2D eigenvalue weighted by Crippen LogP contribution is -2.27. The molecule has 8 nitrogen and oxygen atoms in total. The molecule has 0 radical (unpaired) electrons. The van der Waals surface area contributed by atoms with Crippen LogP contribution in [0.2, 0.25) is 0 Å². The summed E-state index contributed by atoms with van der Waals surface area (Å²) >= 11 is 0. The predicted molar refractivity (Wildman–Crippen MR) is 124 cm³/mol. The number of nitrogens with zero attached hydrogens (tertiary/aromatic N) is 4. The van der Waals surface area contributed by atoms with Crippen molar-refractivity contribution in [1.82, 2.24) is 14.9 Å². The molecule has 2 heterocycles. The maximum atomic E-state index is 11.5. The molecule has 1 aliphatic heterocycles. The van der Waals surface area contributed by atoms with Crippen LogP contribution < -0.4 is 20.7 Å². The normalized spacial score (nSPS) is 13.9. The van der Waals surface area contributed by atoms with Crippen LogP contribution in [0, 0.1) is 0 Å². The molecule has 0 unspecified atom stereocenters. The zero-order chi connectivity index (χ0) is 22.1. The Labute approximate surface area is 184 Å². The number of nitrogens with one attached hydrogen (secondary N) is 1. The molecule has 0 amide bonds. The average Bonchev–Trinajstić information content (AvgIpc) is 3.26. The standard InChI is InChI=1S/C23H34N6O2/c1-3-4-14-31-23-26-21(24)20(25-2)22(27-23)29(12-13-30)17-19-9-7-8-18(15-19)16-28-10-5-6-11-28/h7-9,13,15,25H,3-6,10-12,14,16-17H2,1-2H3,(H2,24,26,27). The fourth-order valence-electron chi connectivity index (χ4n) is 3.85. The Bertz CT molecular complexity index is 854. The van der Waals surface area contributed by atoms with Gasteiger partial charge in [0.25, 0.3) is 0 Å². The molecule has 0 aliphatic carbocycles. The van der Waals surface area contributed by atoms with Crippen molar-refractivity contribution in [3.05, 3.63) is 35.4 Å². The highest BCUT2D eigenvalue weighted by molar-refractivity contribution is 5.78. The van der Waals surface area contributed by atoms with Gasteiger partial charge in [0.1, 0.15) is 12.0 Å². The predicted octanol–water partition coefficient (Wildman–Crippen LogP) is 3.08. The van der Waals surface area contributed by atoms with Crippen LogP contribution in [-0.4, -0.2) is 54.4 Å². The molecule has 3 rings (SSSR count). The first kappa shape index (κ1) is 22.8.